The van der Waals surface area contributed by atoms with E-state index < -0.39 is 0 Å². The number of hydrogen-bond donors (Lipinski definition) is 0. The van der Waals surface area contributed by atoms with Crippen LogP contribution in [0, 0.1) is 0 Å². The van der Waals surface area contributed by atoms with Gasteiger partial charge in [-0.15, -0.1) is 0 Å². The third kappa shape index (κ3) is 3.18. The number of benzene rings is 2. The summed E-state index contributed by atoms with van der Waals surface area (Å²) in [5.41, 5.74) is 1.89. The lowest BCUT2D eigenvalue weighted by molar-refractivity contribution is 0.0779. The van der Waals surface area contributed by atoms with Crippen molar-refractivity contribution in [3.63, 3.8) is 0 Å². The van der Waals surface area contributed by atoms with Crippen LogP contribution < -0.4 is 5.56 Å². The maximum absolute atomic E-state index is 13.0. The summed E-state index contributed by atoms with van der Waals surface area (Å²) in [6, 6.07) is 16.8. The van der Waals surface area contributed by atoms with Gasteiger partial charge < -0.3 is 4.90 Å². The zero-order valence-electron chi connectivity index (χ0n) is 15.6. The van der Waals surface area contributed by atoms with E-state index in [-0.39, 0.29) is 17.2 Å². The second-order valence-electron chi connectivity index (χ2n) is 6.61. The summed E-state index contributed by atoms with van der Waals surface area (Å²) >= 11 is 0. The number of aryl methyl sites for hydroxylation is 1. The average Bonchev–Trinajstić information content (AvgIpc) is 3.19. The Balaban J connectivity index is 1.61. The van der Waals surface area contributed by atoms with E-state index in [2.05, 4.69) is 10.2 Å². The van der Waals surface area contributed by atoms with Crippen molar-refractivity contribution in [1.82, 2.24) is 24.5 Å². The Morgan fingerprint density at radius 1 is 1.04 bits per heavy atom. The van der Waals surface area contributed by atoms with Gasteiger partial charge in [0.15, 0.2) is 5.69 Å². The number of nitrogens with zero attached hydrogens (tertiary/aromatic N) is 5. The summed E-state index contributed by atoms with van der Waals surface area (Å²) < 4.78 is 2.98. The van der Waals surface area contributed by atoms with E-state index in [1.54, 1.807) is 54.1 Å². The lowest BCUT2D eigenvalue weighted by Gasteiger charge is -2.17. The van der Waals surface area contributed by atoms with Gasteiger partial charge in [0, 0.05) is 37.8 Å². The third-order valence-corrected chi connectivity index (χ3v) is 4.58. The van der Waals surface area contributed by atoms with Crippen LogP contribution in [0.4, 0.5) is 0 Å². The second-order valence-corrected chi connectivity index (χ2v) is 6.61. The van der Waals surface area contributed by atoms with Crippen LogP contribution in [0.5, 0.6) is 0 Å². The van der Waals surface area contributed by atoms with Crippen molar-refractivity contribution >= 4 is 16.7 Å². The molecule has 4 aromatic rings. The first-order chi connectivity index (χ1) is 13.5. The lowest BCUT2D eigenvalue weighted by Crippen LogP contribution is -2.30. The molecule has 28 heavy (non-hydrogen) atoms. The molecule has 0 spiro atoms. The van der Waals surface area contributed by atoms with Crippen molar-refractivity contribution in [2.75, 3.05) is 7.05 Å². The summed E-state index contributed by atoms with van der Waals surface area (Å²) in [6.07, 6.45) is 3.63. The molecule has 0 unspecified atom stereocenters. The van der Waals surface area contributed by atoms with Gasteiger partial charge in [-0.25, -0.2) is 9.36 Å². The summed E-state index contributed by atoms with van der Waals surface area (Å²) in [6.45, 7) is 0.379. The Bertz CT molecular complexity index is 1210. The number of aromatic nitrogens is 4. The molecule has 0 N–H and O–H groups in total. The Morgan fingerprint density at radius 3 is 2.46 bits per heavy atom. The van der Waals surface area contributed by atoms with Crippen molar-refractivity contribution in [1.29, 1.82) is 0 Å². The van der Waals surface area contributed by atoms with E-state index >= 15 is 0 Å². The molecule has 0 aliphatic carbocycles. The highest BCUT2D eigenvalue weighted by Gasteiger charge is 2.19. The molecule has 2 aromatic heterocycles. The van der Waals surface area contributed by atoms with Crippen LogP contribution in [0.15, 0.2) is 71.8 Å². The molecule has 0 radical (unpaired) electrons. The molecule has 4 rings (SSSR count). The Labute approximate surface area is 161 Å². The molecule has 7 nitrogen and oxygen atoms in total. The summed E-state index contributed by atoms with van der Waals surface area (Å²) in [5.74, 6) is -0.251. The normalized spacial score (nSPS) is 10.9. The highest BCUT2D eigenvalue weighted by molar-refractivity contribution is 6.04. The van der Waals surface area contributed by atoms with Crippen LogP contribution >= 0.6 is 0 Å². The van der Waals surface area contributed by atoms with Crippen molar-refractivity contribution in [2.45, 2.75) is 6.54 Å². The second kappa shape index (κ2) is 7.11. The lowest BCUT2D eigenvalue weighted by atomic mass is 10.1. The molecule has 2 aromatic carbocycles. The molecule has 1 amide bonds. The highest BCUT2D eigenvalue weighted by Crippen LogP contribution is 2.16. The SMILES string of the molecule is CN(Cc1cnn(-c2ccccc2)c1)C(=O)c1nn(C)c(=O)c2ccccc12. The summed E-state index contributed by atoms with van der Waals surface area (Å²) in [4.78, 5) is 26.9. The van der Waals surface area contributed by atoms with Crippen LogP contribution in [0.25, 0.3) is 16.5 Å². The first kappa shape index (κ1) is 17.7. The van der Waals surface area contributed by atoms with Crippen molar-refractivity contribution in [2.24, 2.45) is 7.05 Å². The van der Waals surface area contributed by atoms with E-state index in [4.69, 9.17) is 0 Å². The number of carbonyl (C=O) groups is 1. The molecule has 0 saturated heterocycles. The fraction of sp³-hybridized carbons (Fsp3) is 0.143. The third-order valence-electron chi connectivity index (χ3n) is 4.58. The quantitative estimate of drug-likeness (QED) is 0.551. The Hall–Kier alpha value is -3.74. The minimum Gasteiger partial charge on any atom is -0.336 e. The molecular formula is C21H19N5O2. The Morgan fingerprint density at radius 2 is 1.71 bits per heavy atom. The number of hydrogen-bond acceptors (Lipinski definition) is 4. The zero-order valence-corrected chi connectivity index (χ0v) is 15.6. The first-order valence-corrected chi connectivity index (χ1v) is 8.85. The van der Waals surface area contributed by atoms with Gasteiger partial charge in [-0.05, 0) is 18.2 Å². The first-order valence-electron chi connectivity index (χ1n) is 8.85. The molecule has 0 aliphatic heterocycles. The van der Waals surface area contributed by atoms with E-state index in [0.29, 0.717) is 17.3 Å². The number of para-hydroxylation sites is 1. The summed E-state index contributed by atoms with van der Waals surface area (Å²) in [7, 11) is 3.26. The van der Waals surface area contributed by atoms with Gasteiger partial charge in [-0.3, -0.25) is 9.59 Å². The van der Waals surface area contributed by atoms with Crippen LogP contribution in [0.3, 0.4) is 0 Å². The number of amides is 1. The number of fused-ring (bicyclic) bond motifs is 1. The molecule has 7 heteroatoms. The van der Waals surface area contributed by atoms with Gasteiger partial charge in [-0.2, -0.15) is 10.2 Å². The van der Waals surface area contributed by atoms with Gasteiger partial charge in [0.2, 0.25) is 0 Å². The fourth-order valence-corrected chi connectivity index (χ4v) is 3.15. The molecule has 140 valence electrons. The van der Waals surface area contributed by atoms with Crippen molar-refractivity contribution in [3.05, 3.63) is 88.6 Å². The maximum Gasteiger partial charge on any atom is 0.274 e. The van der Waals surface area contributed by atoms with Crippen LogP contribution in [0.2, 0.25) is 0 Å². The highest BCUT2D eigenvalue weighted by atomic mass is 16.2. The van der Waals surface area contributed by atoms with E-state index in [1.165, 1.54) is 4.68 Å². The minimum absolute atomic E-state index is 0.223. The topological polar surface area (TPSA) is 73.0 Å². The fourth-order valence-electron chi connectivity index (χ4n) is 3.15. The smallest absolute Gasteiger partial charge is 0.274 e. The van der Waals surface area contributed by atoms with Crippen LogP contribution in [0.1, 0.15) is 16.1 Å². The summed E-state index contributed by atoms with van der Waals surface area (Å²) in [5, 5.41) is 9.61. The molecule has 0 saturated carbocycles. The minimum atomic E-state index is -0.251. The largest absolute Gasteiger partial charge is 0.336 e. The van der Waals surface area contributed by atoms with Crippen molar-refractivity contribution < 1.29 is 4.79 Å². The van der Waals surface area contributed by atoms with Gasteiger partial charge >= 0.3 is 0 Å². The molecule has 0 bridgehead atoms. The standard InChI is InChI=1S/C21H19N5O2/c1-24(13-15-12-22-26(14-15)16-8-4-3-5-9-16)21(28)19-17-10-6-7-11-18(17)20(27)25(2)23-19/h3-12,14H,13H2,1-2H3. The maximum atomic E-state index is 13.0. The predicted octanol–water partition coefficient (Wildman–Crippen LogP) is 2.39. The molecule has 0 aliphatic rings. The molecule has 0 atom stereocenters. The predicted molar refractivity (Wildman–Crippen MR) is 106 cm³/mol. The molecule has 2 heterocycles. The van der Waals surface area contributed by atoms with Crippen LogP contribution in [-0.2, 0) is 13.6 Å². The number of rotatable bonds is 4. The average molecular weight is 373 g/mol. The van der Waals surface area contributed by atoms with Crippen molar-refractivity contribution in [3.8, 4) is 5.69 Å². The number of carbonyl (C=O) groups excluding carboxylic acids is 1. The monoisotopic (exact) mass is 373 g/mol. The van der Waals surface area contributed by atoms with Gasteiger partial charge in [0.25, 0.3) is 11.5 Å². The van der Waals surface area contributed by atoms with E-state index in [9.17, 15) is 9.59 Å². The van der Waals surface area contributed by atoms with Gasteiger partial charge in [-0.1, -0.05) is 36.4 Å². The molecular weight excluding hydrogens is 354 g/mol. The molecule has 0 fully saturated rings. The van der Waals surface area contributed by atoms with Gasteiger partial charge in [0.1, 0.15) is 0 Å². The van der Waals surface area contributed by atoms with Gasteiger partial charge in [0.05, 0.1) is 17.3 Å². The van der Waals surface area contributed by atoms with E-state index in [1.807, 2.05) is 36.5 Å². The van der Waals surface area contributed by atoms with E-state index in [0.717, 1.165) is 11.3 Å². The van der Waals surface area contributed by atoms with Crippen LogP contribution in [-0.4, -0.2) is 37.4 Å². The zero-order chi connectivity index (χ0) is 19.7. The Kier molecular flexibility index (Phi) is 4.49.